The van der Waals surface area contributed by atoms with Gasteiger partial charge in [0.25, 0.3) is 0 Å². The number of fused-ring (bicyclic) bond motifs is 2. The highest BCUT2D eigenvalue weighted by atomic mass is 31.2. The Labute approximate surface area is 142 Å². The molecule has 0 N–H and O–H groups in total. The van der Waals surface area contributed by atoms with Gasteiger partial charge in [-0.2, -0.15) is 0 Å². The topological polar surface area (TPSA) is 88.4 Å². The van der Waals surface area contributed by atoms with Crippen molar-refractivity contribution < 1.29 is 18.3 Å². The first-order valence-electron chi connectivity index (χ1n) is 8.39. The third-order valence-electron chi connectivity index (χ3n) is 4.17. The molecule has 1 unspecified atom stereocenters. The molecule has 0 saturated carbocycles. The van der Waals surface area contributed by atoms with Crippen LogP contribution in [0.5, 0.6) is 0 Å². The summed E-state index contributed by atoms with van der Waals surface area (Å²) < 4.78 is 31.5. The van der Waals surface area contributed by atoms with Crippen molar-refractivity contribution in [3.8, 4) is 0 Å². The standard InChI is InChI=1S/C15H25N4O4P/c1-5-21-24(20,22-6-2)9-11-7-12-13(23-11)8-15(3,4)10-19-14(12)16-17-18-19/h11H,5-10H2,1-4H3. The molecule has 2 aliphatic rings. The quantitative estimate of drug-likeness (QED) is 0.724. The maximum Gasteiger partial charge on any atom is 0.334 e. The average molecular weight is 356 g/mol. The number of hydrogen-bond donors (Lipinski definition) is 0. The fourth-order valence-electron chi connectivity index (χ4n) is 3.33. The molecule has 0 aromatic carbocycles. The van der Waals surface area contributed by atoms with Crippen LogP contribution < -0.4 is 0 Å². The van der Waals surface area contributed by atoms with Crippen LogP contribution in [0.3, 0.4) is 0 Å². The minimum absolute atomic E-state index is 0.0142. The first kappa shape index (κ1) is 17.6. The second-order valence-electron chi connectivity index (χ2n) is 6.98. The highest BCUT2D eigenvalue weighted by Gasteiger charge is 2.40. The zero-order valence-electron chi connectivity index (χ0n) is 14.7. The third-order valence-corrected chi connectivity index (χ3v) is 6.33. The monoisotopic (exact) mass is 356 g/mol. The molecule has 9 heteroatoms. The Hall–Kier alpha value is -1.24. The van der Waals surface area contributed by atoms with Gasteiger partial charge in [0.2, 0.25) is 0 Å². The molecule has 0 aliphatic carbocycles. The molecular weight excluding hydrogens is 331 g/mol. The Bertz CT molecular complexity index is 675. The summed E-state index contributed by atoms with van der Waals surface area (Å²) in [5.41, 5.74) is 0.995. The summed E-state index contributed by atoms with van der Waals surface area (Å²) in [4.78, 5) is 0. The molecule has 3 heterocycles. The van der Waals surface area contributed by atoms with Gasteiger partial charge >= 0.3 is 7.60 Å². The van der Waals surface area contributed by atoms with Crippen LogP contribution in [0.4, 0.5) is 0 Å². The Morgan fingerprint density at radius 3 is 2.71 bits per heavy atom. The molecule has 1 atom stereocenters. The highest BCUT2D eigenvalue weighted by molar-refractivity contribution is 7.53. The molecule has 1 aromatic rings. The molecule has 134 valence electrons. The van der Waals surface area contributed by atoms with Crippen molar-refractivity contribution >= 4 is 13.2 Å². The van der Waals surface area contributed by atoms with Crippen molar-refractivity contribution in [2.24, 2.45) is 5.41 Å². The Balaban J connectivity index is 1.80. The molecule has 0 bridgehead atoms. The van der Waals surface area contributed by atoms with Crippen LogP contribution in [0, 0.1) is 5.41 Å². The van der Waals surface area contributed by atoms with E-state index in [1.807, 2.05) is 18.5 Å². The van der Waals surface area contributed by atoms with Gasteiger partial charge in [-0.25, -0.2) is 4.68 Å². The molecular formula is C15H25N4O4P. The number of aromatic nitrogens is 4. The normalized spacial score (nSPS) is 22.8. The van der Waals surface area contributed by atoms with Crippen molar-refractivity contribution in [2.75, 3.05) is 19.4 Å². The maximum atomic E-state index is 12.8. The summed E-state index contributed by atoms with van der Waals surface area (Å²) >= 11 is 0. The molecule has 2 aliphatic heterocycles. The van der Waals surface area contributed by atoms with Crippen molar-refractivity contribution in [2.45, 2.75) is 53.2 Å². The number of tetrazole rings is 1. The molecule has 0 amide bonds. The number of allylic oxidation sites excluding steroid dienone is 1. The molecule has 0 fully saturated rings. The molecule has 8 nitrogen and oxygen atoms in total. The van der Waals surface area contributed by atoms with Gasteiger partial charge in [0, 0.05) is 18.4 Å². The second-order valence-corrected chi connectivity index (χ2v) is 9.08. The van der Waals surface area contributed by atoms with Crippen molar-refractivity contribution in [3.63, 3.8) is 0 Å². The van der Waals surface area contributed by atoms with Gasteiger partial charge in [0.05, 0.1) is 25.9 Å². The van der Waals surface area contributed by atoms with Gasteiger partial charge in [0.15, 0.2) is 5.82 Å². The predicted octanol–water partition coefficient (Wildman–Crippen LogP) is 2.87. The highest BCUT2D eigenvalue weighted by Crippen LogP contribution is 2.52. The summed E-state index contributed by atoms with van der Waals surface area (Å²) in [6.07, 6.45) is 1.41. The largest absolute Gasteiger partial charge is 0.493 e. The zero-order chi connectivity index (χ0) is 17.4. The predicted molar refractivity (Wildman–Crippen MR) is 88.4 cm³/mol. The van der Waals surface area contributed by atoms with Crippen molar-refractivity contribution in [3.05, 3.63) is 11.6 Å². The van der Waals surface area contributed by atoms with E-state index < -0.39 is 7.60 Å². The lowest BCUT2D eigenvalue weighted by molar-refractivity contribution is 0.121. The number of hydrogen-bond acceptors (Lipinski definition) is 7. The van der Waals surface area contributed by atoms with Crippen LogP contribution in [0.2, 0.25) is 0 Å². The van der Waals surface area contributed by atoms with E-state index in [-0.39, 0.29) is 17.7 Å². The molecule has 1 aromatic heterocycles. The van der Waals surface area contributed by atoms with E-state index >= 15 is 0 Å². The molecule has 3 rings (SSSR count). The van der Waals surface area contributed by atoms with Crippen LogP contribution in [0.1, 0.15) is 46.4 Å². The Morgan fingerprint density at radius 2 is 2.04 bits per heavy atom. The summed E-state index contributed by atoms with van der Waals surface area (Å²) in [7, 11) is -3.15. The minimum Gasteiger partial charge on any atom is -0.493 e. The van der Waals surface area contributed by atoms with E-state index in [2.05, 4.69) is 29.4 Å². The van der Waals surface area contributed by atoms with E-state index in [1.165, 1.54) is 0 Å². The van der Waals surface area contributed by atoms with E-state index in [1.54, 1.807) is 0 Å². The third kappa shape index (κ3) is 3.55. The zero-order valence-corrected chi connectivity index (χ0v) is 15.6. The van der Waals surface area contributed by atoms with Gasteiger partial charge in [-0.3, -0.25) is 4.57 Å². The number of rotatable bonds is 6. The van der Waals surface area contributed by atoms with E-state index in [0.717, 1.165) is 30.1 Å². The first-order valence-corrected chi connectivity index (χ1v) is 10.1. The lowest BCUT2D eigenvalue weighted by Gasteiger charge is -2.25. The second kappa shape index (κ2) is 6.58. The fraction of sp³-hybridized carbons (Fsp3) is 0.800. The Kier molecular flexibility index (Phi) is 4.82. The van der Waals surface area contributed by atoms with Crippen LogP contribution >= 0.6 is 7.60 Å². The fourth-order valence-corrected chi connectivity index (χ4v) is 5.10. The summed E-state index contributed by atoms with van der Waals surface area (Å²) in [5.74, 6) is 1.65. The maximum absolute atomic E-state index is 12.8. The summed E-state index contributed by atoms with van der Waals surface area (Å²) in [5, 5.41) is 12.1. The average Bonchev–Trinajstić information content (AvgIpc) is 3.02. The van der Waals surface area contributed by atoms with Crippen LogP contribution in [0.15, 0.2) is 5.76 Å². The first-order chi connectivity index (χ1) is 11.4. The summed E-state index contributed by atoms with van der Waals surface area (Å²) in [6.45, 7) is 9.39. The Morgan fingerprint density at radius 1 is 1.33 bits per heavy atom. The lowest BCUT2D eigenvalue weighted by atomic mass is 9.88. The van der Waals surface area contributed by atoms with E-state index in [0.29, 0.717) is 19.6 Å². The smallest absolute Gasteiger partial charge is 0.334 e. The SMILES string of the molecule is CCOP(=O)(CC1CC2=C(CC(C)(C)Cn3nnnc32)O1)OCC. The van der Waals surface area contributed by atoms with E-state index in [4.69, 9.17) is 13.8 Å². The lowest BCUT2D eigenvalue weighted by Crippen LogP contribution is -2.22. The van der Waals surface area contributed by atoms with Crippen LogP contribution in [-0.4, -0.2) is 45.7 Å². The molecule has 0 saturated heterocycles. The van der Waals surface area contributed by atoms with Gasteiger partial charge < -0.3 is 13.8 Å². The number of ether oxygens (including phenoxy) is 1. The van der Waals surface area contributed by atoms with Gasteiger partial charge in [-0.1, -0.05) is 13.8 Å². The van der Waals surface area contributed by atoms with Crippen LogP contribution in [-0.2, 0) is 24.9 Å². The molecule has 24 heavy (non-hydrogen) atoms. The van der Waals surface area contributed by atoms with Crippen LogP contribution in [0.25, 0.3) is 5.57 Å². The van der Waals surface area contributed by atoms with Crippen molar-refractivity contribution in [1.82, 2.24) is 20.2 Å². The van der Waals surface area contributed by atoms with Gasteiger partial charge in [-0.05, 0) is 29.7 Å². The molecule has 0 spiro atoms. The van der Waals surface area contributed by atoms with Gasteiger partial charge in [-0.15, -0.1) is 5.10 Å². The number of nitrogens with zero attached hydrogens (tertiary/aromatic N) is 4. The van der Waals surface area contributed by atoms with E-state index in [9.17, 15) is 4.57 Å². The van der Waals surface area contributed by atoms with Gasteiger partial charge in [0.1, 0.15) is 11.9 Å². The minimum atomic E-state index is -3.15. The summed E-state index contributed by atoms with van der Waals surface area (Å²) in [6, 6.07) is 0. The molecule has 0 radical (unpaired) electrons. The van der Waals surface area contributed by atoms with Crippen molar-refractivity contribution in [1.29, 1.82) is 0 Å².